The Morgan fingerprint density at radius 3 is 2.32 bits per heavy atom. The maximum absolute atomic E-state index is 13.1. The molecule has 31 heavy (non-hydrogen) atoms. The molecule has 168 valence electrons. The maximum Gasteiger partial charge on any atom is 0.327 e. The van der Waals surface area contributed by atoms with Crippen molar-refractivity contribution in [3.05, 3.63) is 35.4 Å². The largest absolute Gasteiger partial charge is 0.350 e. The second-order valence-electron chi connectivity index (χ2n) is 9.21. The van der Waals surface area contributed by atoms with E-state index in [4.69, 9.17) is 0 Å². The third-order valence-corrected chi connectivity index (χ3v) is 7.22. The Morgan fingerprint density at radius 1 is 0.968 bits per heavy atom. The minimum absolute atomic E-state index is 0.208. The number of likely N-dealkylation sites (N-methyl/N-ethyl adjacent to an activating group) is 1. The molecule has 1 aliphatic carbocycles. The first-order valence-corrected chi connectivity index (χ1v) is 11.7. The lowest BCUT2D eigenvalue weighted by Crippen LogP contribution is -2.49. The molecule has 3 aliphatic rings. The van der Waals surface area contributed by atoms with Crippen LogP contribution in [0, 0.1) is 0 Å². The van der Waals surface area contributed by atoms with Crippen LogP contribution in [0.5, 0.6) is 0 Å². The molecule has 0 unspecified atom stereocenters. The highest BCUT2D eigenvalue weighted by molar-refractivity contribution is 6.08. The predicted molar refractivity (Wildman–Crippen MR) is 118 cm³/mol. The topological polar surface area (TPSA) is 73.0 Å². The average Bonchev–Trinajstić information content (AvgIpc) is 2.96. The van der Waals surface area contributed by atoms with Crippen LogP contribution in [0.2, 0.25) is 0 Å². The molecule has 1 N–H and O–H groups in total. The SMILES string of the molecule is CN1C(=O)N(CC(=O)NCc2ccccc2CN2CCCCC2)C(=O)C12CCCCC2. The van der Waals surface area contributed by atoms with Gasteiger partial charge in [0.1, 0.15) is 12.1 Å². The Hall–Kier alpha value is -2.41. The zero-order valence-electron chi connectivity index (χ0n) is 18.6. The number of carbonyl (C=O) groups excluding carboxylic acids is 3. The van der Waals surface area contributed by atoms with Gasteiger partial charge in [0.2, 0.25) is 5.91 Å². The number of nitrogens with zero attached hydrogens (tertiary/aromatic N) is 3. The second-order valence-corrected chi connectivity index (χ2v) is 9.21. The third kappa shape index (κ3) is 4.47. The highest BCUT2D eigenvalue weighted by Crippen LogP contribution is 2.39. The van der Waals surface area contributed by atoms with Gasteiger partial charge in [0.15, 0.2) is 0 Å². The van der Waals surface area contributed by atoms with Gasteiger partial charge in [0.05, 0.1) is 0 Å². The summed E-state index contributed by atoms with van der Waals surface area (Å²) in [6.07, 6.45) is 8.15. The summed E-state index contributed by atoms with van der Waals surface area (Å²) >= 11 is 0. The maximum atomic E-state index is 13.1. The fraction of sp³-hybridized carbons (Fsp3) is 0.625. The Balaban J connectivity index is 1.35. The van der Waals surface area contributed by atoms with E-state index in [2.05, 4.69) is 16.3 Å². The van der Waals surface area contributed by atoms with Crippen LogP contribution in [0.3, 0.4) is 0 Å². The molecule has 7 nitrogen and oxygen atoms in total. The zero-order chi connectivity index (χ0) is 21.8. The van der Waals surface area contributed by atoms with Crippen molar-refractivity contribution >= 4 is 17.8 Å². The number of urea groups is 1. The molecule has 3 fully saturated rings. The van der Waals surface area contributed by atoms with E-state index in [1.54, 1.807) is 11.9 Å². The molecule has 0 atom stereocenters. The highest BCUT2D eigenvalue weighted by Gasteiger charge is 2.55. The highest BCUT2D eigenvalue weighted by atomic mass is 16.2. The van der Waals surface area contributed by atoms with Crippen molar-refractivity contribution in [1.82, 2.24) is 20.0 Å². The van der Waals surface area contributed by atoms with Gasteiger partial charge >= 0.3 is 6.03 Å². The lowest BCUT2D eigenvalue weighted by molar-refractivity contribution is -0.137. The summed E-state index contributed by atoms with van der Waals surface area (Å²) in [6.45, 7) is 3.32. The summed E-state index contributed by atoms with van der Waals surface area (Å²) in [4.78, 5) is 43.6. The number of rotatable bonds is 6. The summed E-state index contributed by atoms with van der Waals surface area (Å²) in [5.41, 5.74) is 1.57. The van der Waals surface area contributed by atoms with Crippen LogP contribution in [0.4, 0.5) is 4.79 Å². The molecular weight excluding hydrogens is 392 g/mol. The number of imide groups is 1. The van der Waals surface area contributed by atoms with Gasteiger partial charge in [0, 0.05) is 20.1 Å². The molecule has 7 heteroatoms. The van der Waals surface area contributed by atoms with E-state index in [9.17, 15) is 14.4 Å². The van der Waals surface area contributed by atoms with Gasteiger partial charge in [-0.15, -0.1) is 0 Å². The molecule has 2 aliphatic heterocycles. The van der Waals surface area contributed by atoms with E-state index in [1.165, 1.54) is 24.8 Å². The first-order valence-electron chi connectivity index (χ1n) is 11.7. The van der Waals surface area contributed by atoms with E-state index >= 15 is 0 Å². The minimum atomic E-state index is -0.739. The van der Waals surface area contributed by atoms with Gasteiger partial charge in [0.25, 0.3) is 5.91 Å². The van der Waals surface area contributed by atoms with Crippen LogP contribution in [-0.2, 0) is 22.7 Å². The van der Waals surface area contributed by atoms with Crippen LogP contribution in [0.25, 0.3) is 0 Å². The predicted octanol–water partition coefficient (Wildman–Crippen LogP) is 2.89. The van der Waals surface area contributed by atoms with Crippen LogP contribution in [-0.4, -0.2) is 64.8 Å². The minimum Gasteiger partial charge on any atom is -0.350 e. The van der Waals surface area contributed by atoms with E-state index < -0.39 is 5.54 Å². The lowest BCUT2D eigenvalue weighted by Gasteiger charge is -2.35. The fourth-order valence-electron chi connectivity index (χ4n) is 5.31. The van der Waals surface area contributed by atoms with Gasteiger partial charge in [-0.3, -0.25) is 19.4 Å². The summed E-state index contributed by atoms with van der Waals surface area (Å²) in [5.74, 6) is -0.504. The van der Waals surface area contributed by atoms with E-state index in [-0.39, 0.29) is 24.4 Å². The number of nitrogens with one attached hydrogen (secondary N) is 1. The number of benzene rings is 1. The van der Waals surface area contributed by atoms with E-state index in [0.29, 0.717) is 19.4 Å². The molecule has 2 saturated heterocycles. The molecule has 0 radical (unpaired) electrons. The van der Waals surface area contributed by atoms with Crippen molar-refractivity contribution in [1.29, 1.82) is 0 Å². The molecule has 4 amide bonds. The van der Waals surface area contributed by atoms with Crippen molar-refractivity contribution in [2.24, 2.45) is 0 Å². The Bertz CT molecular complexity index is 828. The van der Waals surface area contributed by atoms with Crippen molar-refractivity contribution < 1.29 is 14.4 Å². The lowest BCUT2D eigenvalue weighted by atomic mass is 9.81. The van der Waals surface area contributed by atoms with E-state index in [1.807, 2.05) is 18.2 Å². The normalized spacial score (nSPS) is 21.7. The van der Waals surface area contributed by atoms with Crippen molar-refractivity contribution in [3.8, 4) is 0 Å². The first kappa shape index (κ1) is 21.8. The van der Waals surface area contributed by atoms with Gasteiger partial charge in [-0.2, -0.15) is 0 Å². The Morgan fingerprint density at radius 2 is 1.61 bits per heavy atom. The van der Waals surface area contributed by atoms with Gasteiger partial charge in [-0.1, -0.05) is 49.9 Å². The number of hydrogen-bond acceptors (Lipinski definition) is 4. The van der Waals surface area contributed by atoms with Crippen molar-refractivity contribution in [3.63, 3.8) is 0 Å². The number of piperidine rings is 1. The first-order chi connectivity index (χ1) is 15.0. The molecular formula is C24H34N4O3. The number of hydrogen-bond donors (Lipinski definition) is 1. The molecule has 1 aromatic rings. The molecule has 1 aromatic carbocycles. The van der Waals surface area contributed by atoms with Gasteiger partial charge in [-0.05, 0) is 49.9 Å². The monoisotopic (exact) mass is 426 g/mol. The van der Waals surface area contributed by atoms with Crippen LogP contribution >= 0.6 is 0 Å². The van der Waals surface area contributed by atoms with Crippen LogP contribution in [0.15, 0.2) is 24.3 Å². The molecule has 1 saturated carbocycles. The number of likely N-dealkylation sites (tertiary alicyclic amines) is 1. The fourth-order valence-corrected chi connectivity index (χ4v) is 5.31. The summed E-state index contributed by atoms with van der Waals surface area (Å²) in [5, 5.41) is 2.93. The number of amides is 4. The summed E-state index contributed by atoms with van der Waals surface area (Å²) in [6, 6.07) is 7.82. The van der Waals surface area contributed by atoms with Crippen LogP contribution < -0.4 is 5.32 Å². The summed E-state index contributed by atoms with van der Waals surface area (Å²) < 4.78 is 0. The third-order valence-electron chi connectivity index (χ3n) is 7.22. The summed E-state index contributed by atoms with van der Waals surface area (Å²) in [7, 11) is 1.69. The van der Waals surface area contributed by atoms with Crippen molar-refractivity contribution in [2.45, 2.75) is 70.0 Å². The van der Waals surface area contributed by atoms with Crippen LogP contribution in [0.1, 0.15) is 62.5 Å². The smallest absolute Gasteiger partial charge is 0.327 e. The Kier molecular flexibility index (Phi) is 6.60. The Labute approximate surface area is 184 Å². The zero-order valence-corrected chi connectivity index (χ0v) is 18.6. The number of carbonyl (C=O) groups is 3. The quantitative estimate of drug-likeness (QED) is 0.710. The van der Waals surface area contributed by atoms with Gasteiger partial charge in [-0.25, -0.2) is 4.79 Å². The second kappa shape index (κ2) is 9.39. The molecule has 0 bridgehead atoms. The average molecular weight is 427 g/mol. The molecule has 2 heterocycles. The standard InChI is InChI=1S/C24H34N4O3/c1-26-23(31)28(22(30)24(26)12-6-2-7-13-24)18-21(29)25-16-19-10-4-5-11-20(19)17-27-14-8-3-9-15-27/h4-5,10-11H,2-3,6-9,12-18H2,1H3,(H,25,29). The molecule has 0 aromatic heterocycles. The van der Waals surface area contributed by atoms with Crippen molar-refractivity contribution in [2.75, 3.05) is 26.7 Å². The molecule has 1 spiro atoms. The van der Waals surface area contributed by atoms with Gasteiger partial charge < -0.3 is 10.2 Å². The van der Waals surface area contributed by atoms with E-state index in [0.717, 1.165) is 49.4 Å². The molecule has 4 rings (SSSR count).